The number of carbonyl (C=O) groups excluding carboxylic acids is 1. The fraction of sp³-hybridized carbons (Fsp3) is 0.300. The van der Waals surface area contributed by atoms with E-state index in [0.29, 0.717) is 6.54 Å². The molecule has 2 aromatic heterocycles. The van der Waals surface area contributed by atoms with Gasteiger partial charge in [0, 0.05) is 22.5 Å². The lowest BCUT2D eigenvalue weighted by Crippen LogP contribution is -2.22. The average Bonchev–Trinajstić information content (AvgIpc) is 2.90. The van der Waals surface area contributed by atoms with Crippen molar-refractivity contribution >= 4 is 39.2 Å². The number of carbonyl (C=O) groups is 1. The zero-order valence-electron chi connectivity index (χ0n) is 14.3. The fourth-order valence-electron chi connectivity index (χ4n) is 2.84. The first kappa shape index (κ1) is 19.5. The molecule has 3 rings (SSSR count). The van der Waals surface area contributed by atoms with Crippen LogP contribution < -0.4 is 5.32 Å². The Hall–Kier alpha value is -1.85. The quantitative estimate of drug-likeness (QED) is 0.614. The second kappa shape index (κ2) is 8.02. The van der Waals surface area contributed by atoms with Crippen LogP contribution in [-0.4, -0.2) is 17.1 Å². The van der Waals surface area contributed by atoms with Gasteiger partial charge in [0.1, 0.15) is 4.83 Å². The van der Waals surface area contributed by atoms with Gasteiger partial charge in [0.05, 0.1) is 4.88 Å². The summed E-state index contributed by atoms with van der Waals surface area (Å²) in [6, 6.07) is 10.3. The van der Waals surface area contributed by atoms with Crippen LogP contribution in [0, 0.1) is 20.8 Å². The molecule has 0 aliphatic rings. The van der Waals surface area contributed by atoms with Gasteiger partial charge in [0.25, 0.3) is 5.91 Å². The third-order valence-corrected chi connectivity index (χ3v) is 5.97. The Kier molecular flexibility index (Phi) is 6.25. The van der Waals surface area contributed by atoms with Crippen molar-refractivity contribution in [2.45, 2.75) is 39.6 Å². The van der Waals surface area contributed by atoms with Crippen molar-refractivity contribution in [3.63, 3.8) is 0 Å². The average molecular weight is 373 g/mol. The monoisotopic (exact) mass is 372 g/mol. The van der Waals surface area contributed by atoms with Crippen molar-refractivity contribution in [2.24, 2.45) is 0 Å². The summed E-state index contributed by atoms with van der Waals surface area (Å²) in [6.45, 7) is 6.60. The van der Waals surface area contributed by atoms with Gasteiger partial charge in [-0.2, -0.15) is 0 Å². The molecule has 3 aromatic rings. The van der Waals surface area contributed by atoms with Crippen molar-refractivity contribution in [2.75, 3.05) is 6.26 Å². The molecule has 1 amide bonds. The second-order valence-electron chi connectivity index (χ2n) is 5.85. The molecular formula is C20H24N2OS2. The number of aryl methyl sites for hydroxylation is 3. The molecule has 3 nitrogen and oxygen atoms in total. The first-order valence-electron chi connectivity index (χ1n) is 7.78. The first-order chi connectivity index (χ1) is 11.5. The van der Waals surface area contributed by atoms with Crippen LogP contribution in [0.4, 0.5) is 0 Å². The van der Waals surface area contributed by atoms with Crippen LogP contribution in [0.1, 0.15) is 39.5 Å². The maximum absolute atomic E-state index is 12.6. The number of benzene rings is 1. The zero-order valence-corrected chi connectivity index (χ0v) is 15.9. The number of thiophene rings is 1. The summed E-state index contributed by atoms with van der Waals surface area (Å²) < 4.78 is 0. The molecule has 5 heteroatoms. The van der Waals surface area contributed by atoms with Gasteiger partial charge in [-0.3, -0.25) is 4.79 Å². The van der Waals surface area contributed by atoms with Crippen LogP contribution in [0.5, 0.6) is 0 Å². The van der Waals surface area contributed by atoms with E-state index in [-0.39, 0.29) is 13.3 Å². The number of amides is 1. The number of rotatable bonds is 4. The Morgan fingerprint density at radius 1 is 1.20 bits per heavy atom. The van der Waals surface area contributed by atoms with E-state index in [1.54, 1.807) is 11.8 Å². The van der Waals surface area contributed by atoms with E-state index in [1.165, 1.54) is 21.8 Å². The van der Waals surface area contributed by atoms with E-state index < -0.39 is 0 Å². The van der Waals surface area contributed by atoms with Crippen molar-refractivity contribution < 1.29 is 4.79 Å². The SMILES string of the molecule is C.CSc1ccc(CNC(=O)c2sc3nc(C)cc(C)c3c2C)cc1. The number of thioether (sulfide) groups is 1. The molecule has 0 aliphatic carbocycles. The lowest BCUT2D eigenvalue weighted by Gasteiger charge is -2.06. The summed E-state index contributed by atoms with van der Waals surface area (Å²) in [6.07, 6.45) is 2.05. The summed E-state index contributed by atoms with van der Waals surface area (Å²) in [5.41, 5.74) is 4.29. The van der Waals surface area contributed by atoms with Gasteiger partial charge in [-0.25, -0.2) is 4.98 Å². The summed E-state index contributed by atoms with van der Waals surface area (Å²) in [7, 11) is 0. The summed E-state index contributed by atoms with van der Waals surface area (Å²) in [5, 5.41) is 4.14. The largest absolute Gasteiger partial charge is 0.347 e. The van der Waals surface area contributed by atoms with Crippen molar-refractivity contribution in [3.05, 3.63) is 57.6 Å². The van der Waals surface area contributed by atoms with Crippen LogP contribution in [0.3, 0.4) is 0 Å². The molecule has 0 spiro atoms. The van der Waals surface area contributed by atoms with Crippen LogP contribution in [-0.2, 0) is 6.54 Å². The molecule has 0 saturated heterocycles. The van der Waals surface area contributed by atoms with E-state index >= 15 is 0 Å². The van der Waals surface area contributed by atoms with Crippen LogP contribution in [0.25, 0.3) is 10.2 Å². The Labute approximate surface area is 157 Å². The fourth-order valence-corrected chi connectivity index (χ4v) is 4.47. The maximum atomic E-state index is 12.6. The molecule has 0 aliphatic heterocycles. The molecule has 0 atom stereocenters. The third-order valence-electron chi connectivity index (χ3n) is 4.04. The number of hydrogen-bond acceptors (Lipinski definition) is 4. The Balaban J connectivity index is 0.00000225. The van der Waals surface area contributed by atoms with E-state index in [2.05, 4.69) is 53.8 Å². The molecule has 25 heavy (non-hydrogen) atoms. The normalized spacial score (nSPS) is 10.6. The molecule has 0 radical (unpaired) electrons. The highest BCUT2D eigenvalue weighted by atomic mass is 32.2. The van der Waals surface area contributed by atoms with Crippen molar-refractivity contribution in [3.8, 4) is 0 Å². The molecule has 1 N–H and O–H groups in total. The zero-order chi connectivity index (χ0) is 17.3. The topological polar surface area (TPSA) is 42.0 Å². The molecule has 132 valence electrons. The number of fused-ring (bicyclic) bond motifs is 1. The summed E-state index contributed by atoms with van der Waals surface area (Å²) in [4.78, 5) is 20.1. The summed E-state index contributed by atoms with van der Waals surface area (Å²) >= 11 is 3.19. The predicted molar refractivity (Wildman–Crippen MR) is 110 cm³/mol. The Morgan fingerprint density at radius 3 is 2.52 bits per heavy atom. The van der Waals surface area contributed by atoms with Crippen LogP contribution >= 0.6 is 23.1 Å². The molecule has 2 heterocycles. The van der Waals surface area contributed by atoms with Crippen molar-refractivity contribution in [1.29, 1.82) is 0 Å². The van der Waals surface area contributed by atoms with E-state index in [0.717, 1.165) is 31.9 Å². The van der Waals surface area contributed by atoms with Gasteiger partial charge < -0.3 is 5.32 Å². The van der Waals surface area contributed by atoms with Gasteiger partial charge in [-0.05, 0) is 61.9 Å². The first-order valence-corrected chi connectivity index (χ1v) is 9.82. The van der Waals surface area contributed by atoms with Crippen LogP contribution in [0.15, 0.2) is 35.2 Å². The van der Waals surface area contributed by atoms with Crippen molar-refractivity contribution in [1.82, 2.24) is 10.3 Å². The van der Waals surface area contributed by atoms with Crippen LogP contribution in [0.2, 0.25) is 0 Å². The lowest BCUT2D eigenvalue weighted by atomic mass is 10.1. The number of pyridine rings is 1. The minimum atomic E-state index is -0.0264. The Bertz CT molecular complexity index is 898. The molecule has 1 aromatic carbocycles. The van der Waals surface area contributed by atoms with Gasteiger partial charge >= 0.3 is 0 Å². The number of nitrogens with one attached hydrogen (secondary N) is 1. The minimum Gasteiger partial charge on any atom is -0.347 e. The minimum absolute atomic E-state index is 0. The molecular weight excluding hydrogens is 348 g/mol. The molecule has 0 bridgehead atoms. The highest BCUT2D eigenvalue weighted by Gasteiger charge is 2.17. The lowest BCUT2D eigenvalue weighted by molar-refractivity contribution is 0.0954. The number of hydrogen-bond donors (Lipinski definition) is 1. The highest BCUT2D eigenvalue weighted by Crippen LogP contribution is 2.32. The van der Waals surface area contributed by atoms with Gasteiger partial charge in [0.2, 0.25) is 0 Å². The van der Waals surface area contributed by atoms with E-state index in [4.69, 9.17) is 0 Å². The van der Waals surface area contributed by atoms with Gasteiger partial charge in [-0.1, -0.05) is 19.6 Å². The summed E-state index contributed by atoms with van der Waals surface area (Å²) in [5.74, 6) is -0.0264. The third kappa shape index (κ3) is 4.05. The smallest absolute Gasteiger partial charge is 0.261 e. The maximum Gasteiger partial charge on any atom is 0.261 e. The van der Waals surface area contributed by atoms with E-state index in [1.807, 2.05) is 13.8 Å². The van der Waals surface area contributed by atoms with Gasteiger partial charge in [0.15, 0.2) is 0 Å². The van der Waals surface area contributed by atoms with E-state index in [9.17, 15) is 4.79 Å². The highest BCUT2D eigenvalue weighted by molar-refractivity contribution is 7.98. The molecule has 0 unspecified atom stereocenters. The predicted octanol–water partition coefficient (Wildman–Crippen LogP) is 5.51. The number of aromatic nitrogens is 1. The molecule has 0 fully saturated rings. The van der Waals surface area contributed by atoms with Gasteiger partial charge in [-0.15, -0.1) is 23.1 Å². The Morgan fingerprint density at radius 2 is 1.88 bits per heavy atom. The molecule has 0 saturated carbocycles. The number of nitrogens with zero attached hydrogens (tertiary/aromatic N) is 1. The second-order valence-corrected chi connectivity index (χ2v) is 7.73. The standard InChI is InChI=1S/C19H20N2OS2.CH4/c1-11-9-12(2)21-19-16(11)13(3)17(24-19)18(22)20-10-14-5-7-15(23-4)8-6-14;/h5-9H,10H2,1-4H3,(H,20,22);1H4.